The van der Waals surface area contributed by atoms with Gasteiger partial charge in [0.05, 0.1) is 6.04 Å². The minimum absolute atomic E-state index is 0.0961. The van der Waals surface area contributed by atoms with Crippen molar-refractivity contribution in [2.24, 2.45) is 0 Å². The molecule has 0 aromatic heterocycles. The first-order chi connectivity index (χ1) is 11.1. The van der Waals surface area contributed by atoms with E-state index in [1.54, 1.807) is 6.08 Å². The highest BCUT2D eigenvalue weighted by Crippen LogP contribution is 2.32. The van der Waals surface area contributed by atoms with Crippen molar-refractivity contribution >= 4 is 23.6 Å². The highest BCUT2D eigenvalue weighted by Gasteiger charge is 2.12. The predicted molar refractivity (Wildman–Crippen MR) is 89.6 cm³/mol. The van der Waals surface area contributed by atoms with Crippen molar-refractivity contribution in [2.45, 2.75) is 13.0 Å². The Morgan fingerprint density at radius 3 is 2.70 bits per heavy atom. The third-order valence-corrected chi connectivity index (χ3v) is 3.80. The molecule has 0 fully saturated rings. The maximum absolute atomic E-state index is 12.0. The zero-order valence-corrected chi connectivity index (χ0v) is 13.3. The molecule has 0 unspecified atom stereocenters. The average molecular weight is 330 g/mol. The lowest BCUT2D eigenvalue weighted by Crippen LogP contribution is -2.24. The Hall–Kier alpha value is -2.46. The van der Waals surface area contributed by atoms with Crippen LogP contribution in [-0.2, 0) is 4.79 Å². The normalized spacial score (nSPS) is 14.0. The summed E-state index contributed by atoms with van der Waals surface area (Å²) in [6.45, 7) is 2.16. The fourth-order valence-electron chi connectivity index (χ4n) is 2.29. The summed E-state index contributed by atoms with van der Waals surface area (Å²) in [6.07, 6.45) is 3.25. The Morgan fingerprint density at radius 1 is 1.17 bits per heavy atom. The van der Waals surface area contributed by atoms with E-state index in [2.05, 4.69) is 5.32 Å². The van der Waals surface area contributed by atoms with Crippen molar-refractivity contribution in [1.82, 2.24) is 5.32 Å². The van der Waals surface area contributed by atoms with Gasteiger partial charge >= 0.3 is 0 Å². The van der Waals surface area contributed by atoms with Crippen LogP contribution in [0.3, 0.4) is 0 Å². The van der Waals surface area contributed by atoms with Crippen LogP contribution in [0, 0.1) is 0 Å². The second-order valence-corrected chi connectivity index (χ2v) is 5.66. The largest absolute Gasteiger partial charge is 0.454 e. The number of hydrogen-bond acceptors (Lipinski definition) is 3. The first-order valence-corrected chi connectivity index (χ1v) is 7.63. The second-order valence-electron chi connectivity index (χ2n) is 5.23. The summed E-state index contributed by atoms with van der Waals surface area (Å²) in [4.78, 5) is 12.0. The molecule has 118 valence electrons. The third-order valence-electron chi connectivity index (χ3n) is 3.55. The van der Waals surface area contributed by atoms with Crippen LogP contribution in [0.15, 0.2) is 48.5 Å². The van der Waals surface area contributed by atoms with E-state index >= 15 is 0 Å². The van der Waals surface area contributed by atoms with E-state index in [4.69, 9.17) is 21.1 Å². The van der Waals surface area contributed by atoms with Crippen molar-refractivity contribution in [2.75, 3.05) is 6.79 Å². The lowest BCUT2D eigenvalue weighted by Gasteiger charge is -2.12. The first kappa shape index (κ1) is 15.4. The molecule has 1 amide bonds. The van der Waals surface area contributed by atoms with Crippen LogP contribution in [0.25, 0.3) is 6.08 Å². The summed E-state index contributed by atoms with van der Waals surface area (Å²) in [5.74, 6) is 1.26. The highest BCUT2D eigenvalue weighted by molar-refractivity contribution is 6.30. The van der Waals surface area contributed by atoms with Gasteiger partial charge in [-0.05, 0) is 48.4 Å². The molecule has 0 aliphatic carbocycles. The quantitative estimate of drug-likeness (QED) is 0.864. The molecule has 0 bridgehead atoms. The topological polar surface area (TPSA) is 47.6 Å². The molecule has 3 rings (SSSR count). The Balaban J connectivity index is 1.61. The fraction of sp³-hybridized carbons (Fsp3) is 0.167. The molecule has 2 aromatic rings. The Labute approximate surface area is 139 Å². The van der Waals surface area contributed by atoms with Crippen molar-refractivity contribution < 1.29 is 14.3 Å². The molecule has 0 spiro atoms. The van der Waals surface area contributed by atoms with Crippen molar-refractivity contribution in [3.8, 4) is 11.5 Å². The highest BCUT2D eigenvalue weighted by atomic mass is 35.5. The number of carbonyl (C=O) groups excluding carboxylic acids is 1. The van der Waals surface area contributed by atoms with Crippen molar-refractivity contribution in [3.63, 3.8) is 0 Å². The summed E-state index contributed by atoms with van der Waals surface area (Å²) in [6, 6.07) is 12.9. The van der Waals surface area contributed by atoms with Gasteiger partial charge in [0.1, 0.15) is 0 Å². The van der Waals surface area contributed by atoms with Crippen LogP contribution < -0.4 is 14.8 Å². The summed E-state index contributed by atoms with van der Waals surface area (Å²) < 4.78 is 10.6. The molecule has 1 atom stereocenters. The molecular weight excluding hydrogens is 314 g/mol. The summed E-state index contributed by atoms with van der Waals surface area (Å²) in [7, 11) is 0. The van der Waals surface area contributed by atoms with E-state index in [-0.39, 0.29) is 18.7 Å². The van der Waals surface area contributed by atoms with E-state index in [1.807, 2.05) is 49.4 Å². The van der Waals surface area contributed by atoms with Crippen LogP contribution in [0.1, 0.15) is 24.1 Å². The number of hydrogen-bond donors (Lipinski definition) is 1. The third kappa shape index (κ3) is 3.85. The summed E-state index contributed by atoms with van der Waals surface area (Å²) in [5.41, 5.74) is 1.88. The number of nitrogens with one attached hydrogen (secondary N) is 1. The van der Waals surface area contributed by atoms with Crippen molar-refractivity contribution in [1.29, 1.82) is 0 Å². The van der Waals surface area contributed by atoms with Gasteiger partial charge in [0.15, 0.2) is 11.5 Å². The van der Waals surface area contributed by atoms with Crippen molar-refractivity contribution in [3.05, 3.63) is 64.7 Å². The van der Waals surface area contributed by atoms with Crippen LogP contribution in [0.2, 0.25) is 5.02 Å². The zero-order chi connectivity index (χ0) is 16.2. The molecule has 4 nitrogen and oxygen atoms in total. The second kappa shape index (κ2) is 6.75. The van der Waals surface area contributed by atoms with Gasteiger partial charge in [-0.15, -0.1) is 0 Å². The molecule has 0 saturated carbocycles. The van der Waals surface area contributed by atoms with E-state index in [9.17, 15) is 4.79 Å². The van der Waals surface area contributed by atoms with Gasteiger partial charge in [-0.1, -0.05) is 29.8 Å². The zero-order valence-electron chi connectivity index (χ0n) is 12.6. The molecule has 5 heteroatoms. The predicted octanol–water partition coefficient (Wildman–Crippen LogP) is 3.96. The Morgan fingerprint density at radius 2 is 1.91 bits per heavy atom. The van der Waals surface area contributed by atoms with E-state index < -0.39 is 0 Å². The first-order valence-electron chi connectivity index (χ1n) is 7.25. The van der Waals surface area contributed by atoms with E-state index in [0.717, 1.165) is 16.9 Å². The molecule has 0 radical (unpaired) electrons. The van der Waals surface area contributed by atoms with Gasteiger partial charge in [0, 0.05) is 11.1 Å². The lowest BCUT2D eigenvalue weighted by molar-refractivity contribution is -0.117. The molecule has 1 aliphatic heterocycles. The minimum Gasteiger partial charge on any atom is -0.454 e. The van der Waals surface area contributed by atoms with Crippen LogP contribution in [-0.4, -0.2) is 12.7 Å². The van der Waals surface area contributed by atoms with Gasteiger partial charge in [0.25, 0.3) is 0 Å². The van der Waals surface area contributed by atoms with Crippen LogP contribution in [0.4, 0.5) is 0 Å². The maximum Gasteiger partial charge on any atom is 0.244 e. The molecular formula is C18H16ClNO3. The van der Waals surface area contributed by atoms with Crippen LogP contribution in [0.5, 0.6) is 11.5 Å². The number of amides is 1. The summed E-state index contributed by atoms with van der Waals surface area (Å²) in [5, 5.41) is 3.59. The van der Waals surface area contributed by atoms with Gasteiger partial charge in [-0.2, -0.15) is 0 Å². The monoisotopic (exact) mass is 329 g/mol. The number of carbonyl (C=O) groups is 1. The van der Waals surface area contributed by atoms with Gasteiger partial charge in [-0.25, -0.2) is 0 Å². The van der Waals surface area contributed by atoms with Crippen LogP contribution >= 0.6 is 11.6 Å². The number of rotatable bonds is 4. The lowest BCUT2D eigenvalue weighted by atomic mass is 10.1. The molecule has 23 heavy (non-hydrogen) atoms. The SMILES string of the molecule is C[C@@H](NC(=O)/C=C/c1ccc2c(c1)OCO2)c1ccc(Cl)cc1. The standard InChI is InChI=1S/C18H16ClNO3/c1-12(14-4-6-15(19)7-5-14)20-18(21)9-3-13-2-8-16-17(10-13)23-11-22-16/h2-10,12H,11H2,1H3,(H,20,21)/b9-3+/t12-/m1/s1. The number of halogens is 1. The molecule has 1 N–H and O–H groups in total. The Bertz CT molecular complexity index is 740. The molecule has 1 heterocycles. The average Bonchev–Trinajstić information content (AvgIpc) is 3.01. The number of fused-ring (bicyclic) bond motifs is 1. The van der Waals surface area contributed by atoms with Gasteiger partial charge in [-0.3, -0.25) is 4.79 Å². The molecule has 0 saturated heterocycles. The number of ether oxygens (including phenoxy) is 2. The number of benzene rings is 2. The fourth-order valence-corrected chi connectivity index (χ4v) is 2.41. The Kier molecular flexibility index (Phi) is 4.53. The van der Waals surface area contributed by atoms with Gasteiger partial charge < -0.3 is 14.8 Å². The molecule has 2 aromatic carbocycles. The summed E-state index contributed by atoms with van der Waals surface area (Å²) >= 11 is 5.86. The van der Waals surface area contributed by atoms with Gasteiger partial charge in [0.2, 0.25) is 12.7 Å². The smallest absolute Gasteiger partial charge is 0.244 e. The van der Waals surface area contributed by atoms with E-state index in [1.165, 1.54) is 6.08 Å². The minimum atomic E-state index is -0.162. The maximum atomic E-state index is 12.0. The molecule has 1 aliphatic rings. The van der Waals surface area contributed by atoms with E-state index in [0.29, 0.717) is 10.8 Å².